The topological polar surface area (TPSA) is 42.0 Å². The molecule has 5 heteroatoms. The molecular weight excluding hydrogens is 340 g/mol. The molecule has 1 unspecified atom stereocenters. The van der Waals surface area contributed by atoms with Gasteiger partial charge in [-0.3, -0.25) is 9.69 Å². The molecule has 2 aliphatic heterocycles. The molecule has 2 fully saturated rings. The van der Waals surface area contributed by atoms with Crippen molar-refractivity contribution in [1.29, 1.82) is 0 Å². The number of carbonyl (C=O) groups is 1. The van der Waals surface area contributed by atoms with E-state index in [-0.39, 0.29) is 0 Å². The molecule has 1 saturated carbocycles. The van der Waals surface area contributed by atoms with Gasteiger partial charge in [-0.15, -0.1) is 0 Å². The number of rotatable bonds is 4. The molecule has 4 rings (SSSR count). The maximum atomic E-state index is 12.9. The lowest BCUT2D eigenvalue weighted by Crippen LogP contribution is -2.52. The zero-order valence-corrected chi connectivity index (χ0v) is 16.7. The molecule has 1 aromatic carbocycles. The fourth-order valence-electron chi connectivity index (χ4n) is 5.10. The molecule has 0 spiro atoms. The summed E-state index contributed by atoms with van der Waals surface area (Å²) >= 11 is 0. The summed E-state index contributed by atoms with van der Waals surface area (Å²) in [5.74, 6) is 2.33. The number of nitrogens with zero attached hydrogens (tertiary/aromatic N) is 2. The standard InChI is InChI=1S/C22H32N2O3/c1-26-20-12-17-9-11-23(14-18(17)13-21(20)27-2)19-8-5-10-24(15-19)22(25)16-6-3-4-7-16/h12-13,16,19H,3-11,14-15H2,1-2H3. The minimum absolute atomic E-state index is 0.294. The fourth-order valence-corrected chi connectivity index (χ4v) is 5.10. The smallest absolute Gasteiger partial charge is 0.225 e. The second kappa shape index (κ2) is 8.09. The number of amides is 1. The van der Waals surface area contributed by atoms with Crippen LogP contribution >= 0.6 is 0 Å². The molecule has 0 radical (unpaired) electrons. The molecule has 27 heavy (non-hydrogen) atoms. The first-order valence-corrected chi connectivity index (χ1v) is 10.5. The van der Waals surface area contributed by atoms with Crippen LogP contribution in [0.1, 0.15) is 49.7 Å². The molecule has 5 nitrogen and oxygen atoms in total. The van der Waals surface area contributed by atoms with Crippen LogP contribution in [0.15, 0.2) is 12.1 Å². The molecule has 1 aromatic rings. The Kier molecular flexibility index (Phi) is 5.58. The van der Waals surface area contributed by atoms with Gasteiger partial charge in [0.1, 0.15) is 0 Å². The van der Waals surface area contributed by atoms with E-state index in [1.165, 1.54) is 30.4 Å². The Hall–Kier alpha value is -1.75. The highest BCUT2D eigenvalue weighted by atomic mass is 16.5. The summed E-state index contributed by atoms with van der Waals surface area (Å²) in [7, 11) is 3.38. The van der Waals surface area contributed by atoms with Gasteiger partial charge in [-0.2, -0.15) is 0 Å². The lowest BCUT2D eigenvalue weighted by molar-refractivity contribution is -0.137. The minimum atomic E-state index is 0.294. The zero-order chi connectivity index (χ0) is 18.8. The average molecular weight is 373 g/mol. The van der Waals surface area contributed by atoms with E-state index in [0.29, 0.717) is 17.9 Å². The first-order chi connectivity index (χ1) is 13.2. The van der Waals surface area contributed by atoms with E-state index >= 15 is 0 Å². The van der Waals surface area contributed by atoms with E-state index < -0.39 is 0 Å². The molecule has 1 saturated heterocycles. The monoisotopic (exact) mass is 372 g/mol. The number of hydrogen-bond donors (Lipinski definition) is 0. The Morgan fingerprint density at radius 3 is 2.37 bits per heavy atom. The number of hydrogen-bond acceptors (Lipinski definition) is 4. The van der Waals surface area contributed by atoms with E-state index in [4.69, 9.17) is 9.47 Å². The predicted octanol–water partition coefficient (Wildman–Crippen LogP) is 3.24. The van der Waals surface area contributed by atoms with Gasteiger partial charge in [0, 0.05) is 38.1 Å². The second-order valence-corrected chi connectivity index (χ2v) is 8.26. The molecule has 1 amide bonds. The third kappa shape index (κ3) is 3.79. The van der Waals surface area contributed by atoms with Gasteiger partial charge in [-0.05, 0) is 55.4 Å². The number of likely N-dealkylation sites (tertiary alicyclic amines) is 1. The molecule has 2 heterocycles. The number of ether oxygens (including phenoxy) is 2. The summed E-state index contributed by atoms with van der Waals surface area (Å²) < 4.78 is 10.9. The Balaban J connectivity index is 1.44. The van der Waals surface area contributed by atoms with Gasteiger partial charge in [0.25, 0.3) is 0 Å². The van der Waals surface area contributed by atoms with Crippen molar-refractivity contribution in [2.24, 2.45) is 5.92 Å². The van der Waals surface area contributed by atoms with Crippen LogP contribution in [0.5, 0.6) is 11.5 Å². The largest absolute Gasteiger partial charge is 0.493 e. The van der Waals surface area contributed by atoms with Crippen molar-refractivity contribution in [1.82, 2.24) is 9.80 Å². The van der Waals surface area contributed by atoms with Crippen LogP contribution in [0.4, 0.5) is 0 Å². The fraction of sp³-hybridized carbons (Fsp3) is 0.682. The molecule has 3 aliphatic rings. The van der Waals surface area contributed by atoms with Crippen LogP contribution in [0.2, 0.25) is 0 Å². The number of piperidine rings is 1. The second-order valence-electron chi connectivity index (χ2n) is 8.26. The van der Waals surface area contributed by atoms with E-state index in [1.54, 1.807) is 14.2 Å². The lowest BCUT2D eigenvalue weighted by Gasteiger charge is -2.42. The van der Waals surface area contributed by atoms with Crippen LogP contribution < -0.4 is 9.47 Å². The first-order valence-electron chi connectivity index (χ1n) is 10.5. The van der Waals surface area contributed by atoms with Crippen molar-refractivity contribution in [2.45, 2.75) is 57.5 Å². The number of methoxy groups -OCH3 is 2. The third-order valence-electron chi connectivity index (χ3n) is 6.68. The van der Waals surface area contributed by atoms with E-state index in [0.717, 1.165) is 63.4 Å². The Labute approximate surface area is 162 Å². The summed E-state index contributed by atoms with van der Waals surface area (Å²) in [5, 5.41) is 0. The third-order valence-corrected chi connectivity index (χ3v) is 6.68. The predicted molar refractivity (Wildman–Crippen MR) is 105 cm³/mol. The van der Waals surface area contributed by atoms with Gasteiger partial charge in [-0.25, -0.2) is 0 Å². The van der Waals surface area contributed by atoms with Crippen molar-refractivity contribution in [3.8, 4) is 11.5 Å². The zero-order valence-electron chi connectivity index (χ0n) is 16.7. The number of carbonyl (C=O) groups excluding carboxylic acids is 1. The highest BCUT2D eigenvalue weighted by Gasteiger charge is 2.33. The number of fused-ring (bicyclic) bond motifs is 1. The molecule has 0 bridgehead atoms. The Morgan fingerprint density at radius 1 is 0.963 bits per heavy atom. The molecule has 1 atom stereocenters. The summed E-state index contributed by atoms with van der Waals surface area (Å²) in [6.45, 7) is 3.84. The van der Waals surface area contributed by atoms with Gasteiger partial charge in [0.15, 0.2) is 11.5 Å². The van der Waals surface area contributed by atoms with Gasteiger partial charge in [0.05, 0.1) is 14.2 Å². The van der Waals surface area contributed by atoms with Crippen LogP contribution in [0.25, 0.3) is 0 Å². The average Bonchev–Trinajstić information content (AvgIpc) is 3.26. The minimum Gasteiger partial charge on any atom is -0.493 e. The molecule has 148 valence electrons. The van der Waals surface area contributed by atoms with Crippen molar-refractivity contribution >= 4 is 5.91 Å². The Bertz CT molecular complexity index is 684. The van der Waals surface area contributed by atoms with Crippen molar-refractivity contribution < 1.29 is 14.3 Å². The summed E-state index contributed by atoms with van der Waals surface area (Å²) in [6.07, 6.45) is 7.99. The summed E-state index contributed by atoms with van der Waals surface area (Å²) in [4.78, 5) is 17.6. The van der Waals surface area contributed by atoms with Gasteiger partial charge >= 0.3 is 0 Å². The van der Waals surface area contributed by atoms with Gasteiger partial charge < -0.3 is 14.4 Å². The van der Waals surface area contributed by atoms with E-state index in [1.807, 2.05) is 0 Å². The van der Waals surface area contributed by atoms with Gasteiger partial charge in [0.2, 0.25) is 5.91 Å². The van der Waals surface area contributed by atoms with Crippen molar-refractivity contribution in [3.05, 3.63) is 23.3 Å². The van der Waals surface area contributed by atoms with Crippen LogP contribution in [0.3, 0.4) is 0 Å². The molecule has 0 N–H and O–H groups in total. The maximum Gasteiger partial charge on any atom is 0.225 e. The summed E-state index contributed by atoms with van der Waals surface area (Å²) in [5.41, 5.74) is 2.69. The lowest BCUT2D eigenvalue weighted by atomic mass is 9.94. The normalized spacial score (nSPS) is 23.9. The van der Waals surface area contributed by atoms with Crippen molar-refractivity contribution in [3.63, 3.8) is 0 Å². The van der Waals surface area contributed by atoms with Crippen LogP contribution in [-0.2, 0) is 17.8 Å². The SMILES string of the molecule is COc1cc2c(cc1OC)CN(C1CCCN(C(=O)C3CCCC3)C1)CC2. The highest BCUT2D eigenvalue weighted by molar-refractivity contribution is 5.79. The maximum absolute atomic E-state index is 12.9. The van der Waals surface area contributed by atoms with E-state index in [2.05, 4.69) is 21.9 Å². The molecular formula is C22H32N2O3. The van der Waals surface area contributed by atoms with Gasteiger partial charge in [-0.1, -0.05) is 12.8 Å². The molecule has 0 aromatic heterocycles. The van der Waals surface area contributed by atoms with Crippen molar-refractivity contribution in [2.75, 3.05) is 33.9 Å². The number of benzene rings is 1. The molecule has 1 aliphatic carbocycles. The first kappa shape index (κ1) is 18.6. The summed E-state index contributed by atoms with van der Waals surface area (Å²) in [6, 6.07) is 4.73. The van der Waals surface area contributed by atoms with E-state index in [9.17, 15) is 4.79 Å². The quantitative estimate of drug-likeness (QED) is 0.814. The Morgan fingerprint density at radius 2 is 1.67 bits per heavy atom. The van der Waals surface area contributed by atoms with Crippen LogP contribution in [0, 0.1) is 5.92 Å². The highest BCUT2D eigenvalue weighted by Crippen LogP contribution is 2.35. The van der Waals surface area contributed by atoms with Crippen LogP contribution in [-0.4, -0.2) is 55.6 Å².